The lowest BCUT2D eigenvalue weighted by Gasteiger charge is -2.18. The zero-order valence-electron chi connectivity index (χ0n) is 9.66. The molecule has 0 aromatic carbocycles. The normalized spacial score (nSPS) is 27.7. The van der Waals surface area contributed by atoms with Gasteiger partial charge in [-0.1, -0.05) is 13.3 Å². The first-order chi connectivity index (χ1) is 7.19. The number of rotatable bonds is 5. The molecule has 88 valence electrons. The summed E-state index contributed by atoms with van der Waals surface area (Å²) in [6, 6.07) is 0. The van der Waals surface area contributed by atoms with Crippen LogP contribution >= 0.6 is 11.8 Å². The number of hydrogen-bond donors (Lipinski definition) is 2. The van der Waals surface area contributed by atoms with Gasteiger partial charge in [0, 0.05) is 17.7 Å². The molecule has 4 heteroatoms. The molecule has 1 saturated carbocycles. The van der Waals surface area contributed by atoms with Crippen LogP contribution in [0.2, 0.25) is 0 Å². The Morgan fingerprint density at radius 1 is 1.60 bits per heavy atom. The maximum atomic E-state index is 11.9. The SMILES string of the molecule is CSC(C)CNC(=O)C1CCCC1CN. The van der Waals surface area contributed by atoms with Gasteiger partial charge in [-0.2, -0.15) is 11.8 Å². The lowest BCUT2D eigenvalue weighted by Crippen LogP contribution is -2.37. The average molecular weight is 230 g/mol. The molecule has 15 heavy (non-hydrogen) atoms. The van der Waals surface area contributed by atoms with E-state index in [9.17, 15) is 4.79 Å². The largest absolute Gasteiger partial charge is 0.355 e. The molecule has 0 aromatic rings. The number of nitrogens with two attached hydrogens (primary N) is 1. The summed E-state index contributed by atoms with van der Waals surface area (Å²) in [6.45, 7) is 3.55. The number of thioether (sulfide) groups is 1. The van der Waals surface area contributed by atoms with Crippen molar-refractivity contribution in [2.75, 3.05) is 19.3 Å². The van der Waals surface area contributed by atoms with E-state index in [2.05, 4.69) is 18.5 Å². The van der Waals surface area contributed by atoms with Gasteiger partial charge < -0.3 is 11.1 Å². The Morgan fingerprint density at radius 2 is 2.33 bits per heavy atom. The smallest absolute Gasteiger partial charge is 0.223 e. The van der Waals surface area contributed by atoms with E-state index >= 15 is 0 Å². The van der Waals surface area contributed by atoms with Gasteiger partial charge in [-0.05, 0) is 31.6 Å². The van der Waals surface area contributed by atoms with Crippen LogP contribution < -0.4 is 11.1 Å². The highest BCUT2D eigenvalue weighted by atomic mass is 32.2. The van der Waals surface area contributed by atoms with Gasteiger partial charge in [0.15, 0.2) is 0 Å². The van der Waals surface area contributed by atoms with Crippen LogP contribution in [0.4, 0.5) is 0 Å². The number of hydrogen-bond acceptors (Lipinski definition) is 3. The van der Waals surface area contributed by atoms with E-state index in [1.165, 1.54) is 0 Å². The fraction of sp³-hybridized carbons (Fsp3) is 0.909. The van der Waals surface area contributed by atoms with Crippen LogP contribution in [0.5, 0.6) is 0 Å². The average Bonchev–Trinajstić information content (AvgIpc) is 2.73. The predicted molar refractivity (Wildman–Crippen MR) is 65.9 cm³/mol. The van der Waals surface area contributed by atoms with Crippen LogP contribution in [0.1, 0.15) is 26.2 Å². The topological polar surface area (TPSA) is 55.1 Å². The van der Waals surface area contributed by atoms with Crippen LogP contribution in [0, 0.1) is 11.8 Å². The third-order valence-electron chi connectivity index (χ3n) is 3.26. The minimum atomic E-state index is 0.170. The maximum absolute atomic E-state index is 11.9. The molecule has 1 amide bonds. The first-order valence-corrected chi connectivity index (χ1v) is 6.98. The first kappa shape index (κ1) is 12.8. The Morgan fingerprint density at radius 3 is 2.93 bits per heavy atom. The number of nitrogens with one attached hydrogen (secondary N) is 1. The van der Waals surface area contributed by atoms with E-state index in [1.54, 1.807) is 11.8 Å². The molecular weight excluding hydrogens is 208 g/mol. The molecule has 1 rings (SSSR count). The molecular formula is C11H22N2OS. The van der Waals surface area contributed by atoms with Crippen molar-refractivity contribution in [3.63, 3.8) is 0 Å². The summed E-state index contributed by atoms with van der Waals surface area (Å²) in [4.78, 5) is 11.9. The Kier molecular flexibility index (Phi) is 5.47. The van der Waals surface area contributed by atoms with E-state index in [0.717, 1.165) is 25.8 Å². The van der Waals surface area contributed by atoms with E-state index in [1.807, 2.05) is 0 Å². The lowest BCUT2D eigenvalue weighted by atomic mass is 9.95. The van der Waals surface area contributed by atoms with Crippen molar-refractivity contribution >= 4 is 17.7 Å². The van der Waals surface area contributed by atoms with Crippen LogP contribution in [-0.4, -0.2) is 30.5 Å². The van der Waals surface area contributed by atoms with Gasteiger partial charge in [0.1, 0.15) is 0 Å². The fourth-order valence-corrected chi connectivity index (χ4v) is 2.37. The van der Waals surface area contributed by atoms with Gasteiger partial charge in [-0.3, -0.25) is 4.79 Å². The molecule has 0 saturated heterocycles. The molecule has 1 aliphatic rings. The highest BCUT2D eigenvalue weighted by Crippen LogP contribution is 2.30. The van der Waals surface area contributed by atoms with Gasteiger partial charge in [-0.15, -0.1) is 0 Å². The zero-order valence-corrected chi connectivity index (χ0v) is 10.5. The first-order valence-electron chi connectivity index (χ1n) is 5.69. The molecule has 3 N–H and O–H groups in total. The maximum Gasteiger partial charge on any atom is 0.223 e. The molecule has 3 nitrogen and oxygen atoms in total. The minimum Gasteiger partial charge on any atom is -0.355 e. The van der Waals surface area contributed by atoms with Crippen LogP contribution in [-0.2, 0) is 4.79 Å². The molecule has 1 fully saturated rings. The molecule has 0 heterocycles. The second kappa shape index (κ2) is 6.38. The lowest BCUT2D eigenvalue weighted by molar-refractivity contribution is -0.125. The summed E-state index contributed by atoms with van der Waals surface area (Å²) < 4.78 is 0. The van der Waals surface area contributed by atoms with Gasteiger partial charge in [-0.25, -0.2) is 0 Å². The van der Waals surface area contributed by atoms with Gasteiger partial charge >= 0.3 is 0 Å². The van der Waals surface area contributed by atoms with E-state index in [-0.39, 0.29) is 11.8 Å². The Labute approximate surface area is 96.6 Å². The van der Waals surface area contributed by atoms with Crippen molar-refractivity contribution in [1.82, 2.24) is 5.32 Å². The quantitative estimate of drug-likeness (QED) is 0.747. The third kappa shape index (κ3) is 3.68. The summed E-state index contributed by atoms with van der Waals surface area (Å²) >= 11 is 1.78. The summed E-state index contributed by atoms with van der Waals surface area (Å²) in [7, 11) is 0. The zero-order chi connectivity index (χ0) is 11.3. The predicted octanol–water partition coefficient (Wildman–Crippen LogP) is 1.23. The van der Waals surface area contributed by atoms with Crippen LogP contribution in [0.3, 0.4) is 0 Å². The number of carbonyl (C=O) groups excluding carboxylic acids is 1. The fourth-order valence-electron chi connectivity index (χ4n) is 2.12. The minimum absolute atomic E-state index is 0.170. The molecule has 1 aliphatic carbocycles. The van der Waals surface area contributed by atoms with Crippen molar-refractivity contribution in [2.24, 2.45) is 17.6 Å². The van der Waals surface area contributed by atoms with Gasteiger partial charge in [0.05, 0.1) is 0 Å². The summed E-state index contributed by atoms with van der Waals surface area (Å²) in [5, 5.41) is 3.52. The molecule has 0 bridgehead atoms. The molecule has 3 atom stereocenters. The summed E-state index contributed by atoms with van der Waals surface area (Å²) in [5.74, 6) is 0.794. The second-order valence-corrected chi connectivity index (χ2v) is 5.60. The Bertz CT molecular complexity index is 211. The third-order valence-corrected chi connectivity index (χ3v) is 4.24. The van der Waals surface area contributed by atoms with Gasteiger partial charge in [0.2, 0.25) is 5.91 Å². The molecule has 0 radical (unpaired) electrons. The van der Waals surface area contributed by atoms with E-state index in [0.29, 0.717) is 17.7 Å². The van der Waals surface area contributed by atoms with Gasteiger partial charge in [0.25, 0.3) is 0 Å². The number of amides is 1. The van der Waals surface area contributed by atoms with Crippen LogP contribution in [0.15, 0.2) is 0 Å². The summed E-state index contributed by atoms with van der Waals surface area (Å²) in [5.41, 5.74) is 5.66. The monoisotopic (exact) mass is 230 g/mol. The summed E-state index contributed by atoms with van der Waals surface area (Å²) in [6.07, 6.45) is 5.35. The van der Waals surface area contributed by atoms with Crippen LogP contribution in [0.25, 0.3) is 0 Å². The molecule has 0 aliphatic heterocycles. The molecule has 0 aromatic heterocycles. The standard InChI is InChI=1S/C11H22N2OS/c1-8(15-2)7-13-11(14)10-5-3-4-9(10)6-12/h8-10H,3-7,12H2,1-2H3,(H,13,14). The van der Waals surface area contributed by atoms with Crippen molar-refractivity contribution in [3.8, 4) is 0 Å². The molecule has 0 spiro atoms. The highest BCUT2D eigenvalue weighted by Gasteiger charge is 2.31. The van der Waals surface area contributed by atoms with Crippen molar-refractivity contribution in [3.05, 3.63) is 0 Å². The van der Waals surface area contributed by atoms with E-state index in [4.69, 9.17) is 5.73 Å². The molecule has 3 unspecified atom stereocenters. The highest BCUT2D eigenvalue weighted by molar-refractivity contribution is 7.99. The van der Waals surface area contributed by atoms with Crippen molar-refractivity contribution in [2.45, 2.75) is 31.4 Å². The van der Waals surface area contributed by atoms with Crippen molar-refractivity contribution < 1.29 is 4.79 Å². The van der Waals surface area contributed by atoms with Crippen molar-refractivity contribution in [1.29, 1.82) is 0 Å². The Hall–Kier alpha value is -0.220. The second-order valence-electron chi connectivity index (χ2n) is 4.32. The van der Waals surface area contributed by atoms with E-state index < -0.39 is 0 Å². The Balaban J connectivity index is 2.33. The number of carbonyl (C=O) groups is 1.